The molecule has 0 aromatic heterocycles. The van der Waals surface area contributed by atoms with Gasteiger partial charge in [0, 0.05) is 22.1 Å². The summed E-state index contributed by atoms with van der Waals surface area (Å²) in [7, 11) is 0. The third kappa shape index (κ3) is 5.69. The van der Waals surface area contributed by atoms with E-state index in [9.17, 15) is 19.2 Å². The SMILES string of the molecule is Cc1cc(Br)ccc1NC(=O)COC(=O)[C@@H]1CC(=O)N(NC(=O)c2ccccc2C)C1. The highest BCUT2D eigenvalue weighted by Crippen LogP contribution is 2.21. The molecule has 1 aliphatic heterocycles. The smallest absolute Gasteiger partial charge is 0.311 e. The molecule has 162 valence electrons. The number of anilines is 1. The molecule has 1 fully saturated rings. The summed E-state index contributed by atoms with van der Waals surface area (Å²) < 4.78 is 5.97. The number of nitrogens with one attached hydrogen (secondary N) is 2. The predicted molar refractivity (Wildman–Crippen MR) is 117 cm³/mol. The van der Waals surface area contributed by atoms with Crippen LogP contribution in [0, 0.1) is 19.8 Å². The second-order valence-electron chi connectivity index (χ2n) is 7.28. The maximum atomic E-state index is 12.4. The van der Waals surface area contributed by atoms with Gasteiger partial charge in [0.05, 0.1) is 12.5 Å². The number of nitrogens with zero attached hydrogens (tertiary/aromatic N) is 1. The third-order valence-corrected chi connectivity index (χ3v) is 5.39. The molecule has 0 unspecified atom stereocenters. The van der Waals surface area contributed by atoms with Gasteiger partial charge in [-0.3, -0.25) is 29.6 Å². The van der Waals surface area contributed by atoms with Gasteiger partial charge in [0.1, 0.15) is 0 Å². The Morgan fingerprint density at radius 3 is 2.58 bits per heavy atom. The number of carbonyl (C=O) groups is 4. The second-order valence-corrected chi connectivity index (χ2v) is 8.19. The van der Waals surface area contributed by atoms with E-state index in [1.54, 1.807) is 37.3 Å². The van der Waals surface area contributed by atoms with Crippen molar-refractivity contribution >= 4 is 45.3 Å². The number of hydrogen-bond acceptors (Lipinski definition) is 5. The topological polar surface area (TPSA) is 105 Å². The molecule has 1 atom stereocenters. The monoisotopic (exact) mass is 487 g/mol. The number of hydrogen-bond donors (Lipinski definition) is 2. The van der Waals surface area contributed by atoms with Crippen LogP contribution in [0.15, 0.2) is 46.9 Å². The first kappa shape index (κ1) is 22.5. The van der Waals surface area contributed by atoms with Crippen LogP contribution in [0.1, 0.15) is 27.9 Å². The lowest BCUT2D eigenvalue weighted by Crippen LogP contribution is -2.43. The van der Waals surface area contributed by atoms with E-state index in [0.29, 0.717) is 11.3 Å². The molecule has 0 saturated carbocycles. The number of rotatable bonds is 6. The zero-order valence-electron chi connectivity index (χ0n) is 17.1. The number of hydrazine groups is 1. The van der Waals surface area contributed by atoms with Gasteiger partial charge in [-0.1, -0.05) is 34.1 Å². The molecule has 1 heterocycles. The molecule has 1 saturated heterocycles. The van der Waals surface area contributed by atoms with Gasteiger partial charge < -0.3 is 10.1 Å². The fraction of sp³-hybridized carbons (Fsp3) is 0.273. The van der Waals surface area contributed by atoms with Crippen LogP contribution in [0.2, 0.25) is 0 Å². The van der Waals surface area contributed by atoms with Gasteiger partial charge in [0.25, 0.3) is 11.8 Å². The number of carbonyl (C=O) groups excluding carboxylic acids is 4. The van der Waals surface area contributed by atoms with E-state index in [1.807, 2.05) is 19.1 Å². The van der Waals surface area contributed by atoms with E-state index < -0.39 is 30.3 Å². The minimum absolute atomic E-state index is 0.0112. The maximum absolute atomic E-state index is 12.4. The molecule has 0 spiro atoms. The van der Waals surface area contributed by atoms with Gasteiger partial charge in [0.15, 0.2) is 6.61 Å². The predicted octanol–water partition coefficient (Wildman–Crippen LogP) is 2.74. The van der Waals surface area contributed by atoms with Crippen molar-refractivity contribution in [2.24, 2.45) is 5.92 Å². The van der Waals surface area contributed by atoms with Crippen LogP contribution in [-0.2, 0) is 19.1 Å². The van der Waals surface area contributed by atoms with Crippen molar-refractivity contribution in [3.63, 3.8) is 0 Å². The van der Waals surface area contributed by atoms with Crippen LogP contribution in [0.4, 0.5) is 5.69 Å². The van der Waals surface area contributed by atoms with Crippen molar-refractivity contribution in [1.82, 2.24) is 10.4 Å². The van der Waals surface area contributed by atoms with E-state index in [0.717, 1.165) is 20.6 Å². The Morgan fingerprint density at radius 1 is 1.13 bits per heavy atom. The Kier molecular flexibility index (Phi) is 7.06. The number of ether oxygens (including phenoxy) is 1. The summed E-state index contributed by atoms with van der Waals surface area (Å²) in [5.41, 5.74) is 5.22. The van der Waals surface area contributed by atoms with Gasteiger partial charge in [0.2, 0.25) is 5.91 Å². The molecule has 9 heteroatoms. The zero-order chi connectivity index (χ0) is 22.5. The molecule has 8 nitrogen and oxygen atoms in total. The van der Waals surface area contributed by atoms with Crippen LogP contribution in [0.3, 0.4) is 0 Å². The highest BCUT2D eigenvalue weighted by atomic mass is 79.9. The molecule has 0 bridgehead atoms. The summed E-state index contributed by atoms with van der Waals surface area (Å²) >= 11 is 3.35. The Labute approximate surface area is 188 Å². The number of amides is 3. The Hall–Kier alpha value is -3.20. The Balaban J connectivity index is 1.50. The first-order valence-corrected chi connectivity index (χ1v) is 10.4. The summed E-state index contributed by atoms with van der Waals surface area (Å²) in [4.78, 5) is 49.0. The minimum atomic E-state index is -0.758. The van der Waals surface area contributed by atoms with E-state index >= 15 is 0 Å². The van der Waals surface area contributed by atoms with Gasteiger partial charge >= 0.3 is 5.97 Å². The van der Waals surface area contributed by atoms with Crippen molar-refractivity contribution in [2.45, 2.75) is 20.3 Å². The quantitative estimate of drug-likeness (QED) is 0.609. The van der Waals surface area contributed by atoms with E-state index in [4.69, 9.17) is 4.74 Å². The molecule has 3 rings (SSSR count). The van der Waals surface area contributed by atoms with Gasteiger partial charge in [-0.15, -0.1) is 0 Å². The van der Waals surface area contributed by atoms with Crippen molar-refractivity contribution < 1.29 is 23.9 Å². The van der Waals surface area contributed by atoms with Crippen molar-refractivity contribution in [1.29, 1.82) is 0 Å². The van der Waals surface area contributed by atoms with Gasteiger partial charge in [-0.05, 0) is 49.2 Å². The van der Waals surface area contributed by atoms with Crippen molar-refractivity contribution in [2.75, 3.05) is 18.5 Å². The van der Waals surface area contributed by atoms with E-state index in [-0.39, 0.29) is 18.9 Å². The fourth-order valence-corrected chi connectivity index (χ4v) is 3.67. The molecule has 3 amide bonds. The molecule has 1 aliphatic rings. The lowest BCUT2D eigenvalue weighted by atomic mass is 10.1. The average molecular weight is 488 g/mol. The molecule has 2 aromatic carbocycles. The summed E-state index contributed by atoms with van der Waals surface area (Å²) in [6.45, 7) is 3.16. The minimum Gasteiger partial charge on any atom is -0.455 e. The normalized spacial score (nSPS) is 15.5. The van der Waals surface area contributed by atoms with Crippen LogP contribution < -0.4 is 10.7 Å². The second kappa shape index (κ2) is 9.74. The highest BCUT2D eigenvalue weighted by molar-refractivity contribution is 9.10. The fourth-order valence-electron chi connectivity index (χ4n) is 3.19. The van der Waals surface area contributed by atoms with Crippen LogP contribution in [0.5, 0.6) is 0 Å². The molecular weight excluding hydrogens is 466 g/mol. The molecule has 2 N–H and O–H groups in total. The Morgan fingerprint density at radius 2 is 1.87 bits per heavy atom. The first-order chi connectivity index (χ1) is 14.7. The first-order valence-electron chi connectivity index (χ1n) is 9.64. The van der Waals surface area contributed by atoms with Gasteiger partial charge in [-0.2, -0.15) is 0 Å². The lowest BCUT2D eigenvalue weighted by molar-refractivity contribution is -0.151. The van der Waals surface area contributed by atoms with Crippen molar-refractivity contribution in [3.8, 4) is 0 Å². The molecular formula is C22H22BrN3O5. The van der Waals surface area contributed by atoms with Crippen LogP contribution in [-0.4, -0.2) is 41.9 Å². The lowest BCUT2D eigenvalue weighted by Gasteiger charge is -2.18. The largest absolute Gasteiger partial charge is 0.455 e. The molecule has 2 aromatic rings. The van der Waals surface area contributed by atoms with Crippen LogP contribution >= 0.6 is 15.9 Å². The summed E-state index contributed by atoms with van der Waals surface area (Å²) in [5.74, 6) is -2.72. The van der Waals surface area contributed by atoms with E-state index in [2.05, 4.69) is 26.7 Å². The van der Waals surface area contributed by atoms with Crippen LogP contribution in [0.25, 0.3) is 0 Å². The summed E-state index contributed by atoms with van der Waals surface area (Å²) in [6, 6.07) is 12.4. The summed E-state index contributed by atoms with van der Waals surface area (Å²) in [5, 5.41) is 3.80. The zero-order valence-corrected chi connectivity index (χ0v) is 18.7. The third-order valence-electron chi connectivity index (χ3n) is 4.89. The molecule has 0 aliphatic carbocycles. The highest BCUT2D eigenvalue weighted by Gasteiger charge is 2.36. The average Bonchev–Trinajstić information content (AvgIpc) is 3.09. The van der Waals surface area contributed by atoms with Crippen molar-refractivity contribution in [3.05, 3.63) is 63.6 Å². The number of halogens is 1. The molecule has 0 radical (unpaired) electrons. The van der Waals surface area contributed by atoms with E-state index in [1.165, 1.54) is 0 Å². The number of esters is 1. The number of benzene rings is 2. The maximum Gasteiger partial charge on any atom is 0.311 e. The standard InChI is InChI=1S/C22H22BrN3O5/c1-13-5-3-4-6-17(13)21(29)25-26-11-15(10-20(26)28)22(30)31-12-19(27)24-18-8-7-16(23)9-14(18)2/h3-9,15H,10-12H2,1-2H3,(H,24,27)(H,25,29)/t15-/m1/s1. The Bertz CT molecular complexity index is 1040. The summed E-state index contributed by atoms with van der Waals surface area (Å²) in [6.07, 6.45) is -0.0969. The van der Waals surface area contributed by atoms with Gasteiger partial charge in [-0.25, -0.2) is 0 Å². The number of aryl methyl sites for hydroxylation is 2. The molecule has 31 heavy (non-hydrogen) atoms.